The van der Waals surface area contributed by atoms with Crippen molar-refractivity contribution in [2.75, 3.05) is 13.1 Å². The van der Waals surface area contributed by atoms with Crippen LogP contribution in [0.15, 0.2) is 61.2 Å². The summed E-state index contributed by atoms with van der Waals surface area (Å²) in [6.45, 7) is 3.97. The first kappa shape index (κ1) is 17.4. The molecule has 4 rings (SSSR count). The molecule has 1 aromatic carbocycles. The molecule has 1 aliphatic heterocycles. The second kappa shape index (κ2) is 8.09. The van der Waals surface area contributed by atoms with E-state index < -0.39 is 0 Å². The highest BCUT2D eigenvalue weighted by Crippen LogP contribution is 2.18. The molecule has 7 heteroatoms. The molecule has 0 bridgehead atoms. The van der Waals surface area contributed by atoms with Gasteiger partial charge in [-0.2, -0.15) is 5.10 Å². The second-order valence-electron chi connectivity index (χ2n) is 6.83. The molecular weight excluding hydrogens is 340 g/mol. The molecular formula is C20H22N6O. The van der Waals surface area contributed by atoms with Crippen molar-refractivity contribution in [2.24, 2.45) is 5.92 Å². The lowest BCUT2D eigenvalue weighted by molar-refractivity contribution is 0.0935. The summed E-state index contributed by atoms with van der Waals surface area (Å²) in [5.74, 6) is 0.0677. The smallest absolute Gasteiger partial charge is 0.271 e. The molecule has 1 aliphatic rings. The minimum Gasteiger partial charge on any atom is -0.350 e. The lowest BCUT2D eigenvalue weighted by Crippen LogP contribution is -2.36. The van der Waals surface area contributed by atoms with Crippen molar-refractivity contribution in [3.05, 3.63) is 78.1 Å². The number of hydrogen-bond acceptors (Lipinski definition) is 5. The molecule has 1 amide bonds. The molecule has 0 spiro atoms. The predicted molar refractivity (Wildman–Crippen MR) is 101 cm³/mol. The van der Waals surface area contributed by atoms with Gasteiger partial charge in [0.1, 0.15) is 5.69 Å². The number of nitrogens with one attached hydrogen (secondary N) is 1. The van der Waals surface area contributed by atoms with Gasteiger partial charge in [-0.05, 0) is 11.6 Å². The topological polar surface area (TPSA) is 75.9 Å². The fraction of sp³-hybridized carbons (Fsp3) is 0.300. The van der Waals surface area contributed by atoms with Gasteiger partial charge in [0.2, 0.25) is 0 Å². The Balaban J connectivity index is 1.44. The third-order valence-corrected chi connectivity index (χ3v) is 4.73. The Labute approximate surface area is 158 Å². The van der Waals surface area contributed by atoms with Crippen LogP contribution in [0.2, 0.25) is 0 Å². The first-order valence-electron chi connectivity index (χ1n) is 9.09. The van der Waals surface area contributed by atoms with Crippen LogP contribution in [-0.2, 0) is 19.6 Å². The Hall–Kier alpha value is -3.06. The first-order chi connectivity index (χ1) is 13.3. The molecule has 0 saturated heterocycles. The largest absolute Gasteiger partial charge is 0.350 e. The summed E-state index contributed by atoms with van der Waals surface area (Å²) in [5, 5.41) is 7.44. The van der Waals surface area contributed by atoms with E-state index in [9.17, 15) is 4.79 Å². The van der Waals surface area contributed by atoms with E-state index in [1.807, 2.05) is 16.9 Å². The van der Waals surface area contributed by atoms with E-state index in [-0.39, 0.29) is 11.8 Å². The van der Waals surface area contributed by atoms with Gasteiger partial charge in [-0.15, -0.1) is 0 Å². The highest BCUT2D eigenvalue weighted by atomic mass is 16.1. The minimum absolute atomic E-state index is 0.192. The number of hydrogen-bond donors (Lipinski definition) is 1. The molecule has 0 aliphatic carbocycles. The van der Waals surface area contributed by atoms with Gasteiger partial charge in [0.25, 0.3) is 5.91 Å². The van der Waals surface area contributed by atoms with Crippen LogP contribution in [0.1, 0.15) is 21.7 Å². The van der Waals surface area contributed by atoms with Crippen LogP contribution in [0.4, 0.5) is 0 Å². The van der Waals surface area contributed by atoms with Crippen LogP contribution in [-0.4, -0.2) is 43.6 Å². The van der Waals surface area contributed by atoms with Crippen molar-refractivity contribution in [3.8, 4) is 0 Å². The van der Waals surface area contributed by atoms with Crippen LogP contribution in [0.25, 0.3) is 0 Å². The highest BCUT2D eigenvalue weighted by Gasteiger charge is 2.23. The van der Waals surface area contributed by atoms with E-state index in [4.69, 9.17) is 0 Å². The zero-order valence-corrected chi connectivity index (χ0v) is 15.0. The summed E-state index contributed by atoms with van der Waals surface area (Å²) in [6, 6.07) is 12.5. The van der Waals surface area contributed by atoms with Crippen LogP contribution in [0.3, 0.4) is 0 Å². The number of nitrogens with zero attached hydrogens (tertiary/aromatic N) is 5. The van der Waals surface area contributed by atoms with Crippen molar-refractivity contribution < 1.29 is 4.79 Å². The highest BCUT2D eigenvalue weighted by molar-refractivity contribution is 5.91. The maximum absolute atomic E-state index is 12.3. The Kier molecular flexibility index (Phi) is 5.20. The molecule has 0 fully saturated rings. The Bertz CT molecular complexity index is 880. The van der Waals surface area contributed by atoms with Gasteiger partial charge in [0.15, 0.2) is 0 Å². The number of carbonyl (C=O) groups is 1. The monoisotopic (exact) mass is 362 g/mol. The molecule has 3 aromatic rings. The lowest BCUT2D eigenvalue weighted by atomic mass is 10.1. The van der Waals surface area contributed by atoms with Gasteiger partial charge < -0.3 is 5.32 Å². The summed E-state index contributed by atoms with van der Waals surface area (Å²) in [7, 11) is 0. The first-order valence-corrected chi connectivity index (χ1v) is 9.09. The fourth-order valence-corrected chi connectivity index (χ4v) is 3.45. The molecule has 3 heterocycles. The molecule has 2 aromatic heterocycles. The number of benzene rings is 1. The number of amides is 1. The molecule has 1 atom stereocenters. The summed E-state index contributed by atoms with van der Waals surface area (Å²) in [4.78, 5) is 22.7. The molecule has 1 N–H and O–H groups in total. The van der Waals surface area contributed by atoms with Gasteiger partial charge in [-0.25, -0.2) is 4.98 Å². The Morgan fingerprint density at radius 2 is 2.00 bits per heavy atom. The molecule has 0 saturated carbocycles. The van der Waals surface area contributed by atoms with Gasteiger partial charge in [-0.1, -0.05) is 30.3 Å². The van der Waals surface area contributed by atoms with Gasteiger partial charge >= 0.3 is 0 Å². The SMILES string of the molecule is O=C(NC[C@@H]1CN(Cc2ccccc2)Cc2ccnn2C1)c1cnccn1. The summed E-state index contributed by atoms with van der Waals surface area (Å²) in [5.41, 5.74) is 2.83. The van der Waals surface area contributed by atoms with E-state index >= 15 is 0 Å². The number of aromatic nitrogens is 4. The molecule has 27 heavy (non-hydrogen) atoms. The maximum Gasteiger partial charge on any atom is 0.271 e. The standard InChI is InChI=1S/C20H22N6O/c27-20(19-11-21-8-9-22-19)23-10-17-13-25(12-16-4-2-1-3-5-16)15-18-6-7-24-26(18)14-17/h1-9,11,17H,10,12-15H2,(H,23,27)/t17-/m1/s1. The fourth-order valence-electron chi connectivity index (χ4n) is 3.45. The average molecular weight is 362 g/mol. The molecule has 138 valence electrons. The van der Waals surface area contributed by atoms with E-state index in [1.165, 1.54) is 23.7 Å². The third kappa shape index (κ3) is 4.38. The average Bonchev–Trinajstić information content (AvgIpc) is 3.06. The van der Waals surface area contributed by atoms with Crippen molar-refractivity contribution in [1.82, 2.24) is 30.0 Å². The van der Waals surface area contributed by atoms with E-state index in [2.05, 4.69) is 55.6 Å². The van der Waals surface area contributed by atoms with E-state index in [0.717, 1.165) is 26.2 Å². The Morgan fingerprint density at radius 1 is 1.11 bits per heavy atom. The van der Waals surface area contributed by atoms with Gasteiger partial charge in [0.05, 0.1) is 11.9 Å². The third-order valence-electron chi connectivity index (χ3n) is 4.73. The normalized spacial score (nSPS) is 17.1. The molecule has 0 radical (unpaired) electrons. The Morgan fingerprint density at radius 3 is 2.81 bits per heavy atom. The zero-order chi connectivity index (χ0) is 18.5. The van der Waals surface area contributed by atoms with Crippen LogP contribution in [0, 0.1) is 5.92 Å². The summed E-state index contributed by atoms with van der Waals surface area (Å²) in [6.07, 6.45) is 6.41. The second-order valence-corrected chi connectivity index (χ2v) is 6.83. The maximum atomic E-state index is 12.3. The minimum atomic E-state index is -0.192. The van der Waals surface area contributed by atoms with E-state index in [1.54, 1.807) is 6.20 Å². The van der Waals surface area contributed by atoms with Crippen molar-refractivity contribution in [1.29, 1.82) is 0 Å². The quantitative estimate of drug-likeness (QED) is 0.748. The van der Waals surface area contributed by atoms with Crippen molar-refractivity contribution in [3.63, 3.8) is 0 Å². The van der Waals surface area contributed by atoms with E-state index in [0.29, 0.717) is 12.2 Å². The molecule has 0 unspecified atom stereocenters. The zero-order valence-electron chi connectivity index (χ0n) is 15.0. The number of rotatable bonds is 5. The molecule has 7 nitrogen and oxygen atoms in total. The van der Waals surface area contributed by atoms with Crippen LogP contribution in [0.5, 0.6) is 0 Å². The number of carbonyl (C=O) groups excluding carboxylic acids is 1. The van der Waals surface area contributed by atoms with Gasteiger partial charge in [0, 0.05) is 57.2 Å². The summed E-state index contributed by atoms with van der Waals surface area (Å²) < 4.78 is 2.05. The van der Waals surface area contributed by atoms with Crippen LogP contribution < -0.4 is 5.32 Å². The number of fused-ring (bicyclic) bond motifs is 1. The predicted octanol–water partition coefficient (Wildman–Crippen LogP) is 1.74. The van der Waals surface area contributed by atoms with Gasteiger partial charge in [-0.3, -0.25) is 19.4 Å². The van der Waals surface area contributed by atoms with Crippen LogP contribution >= 0.6 is 0 Å². The van der Waals surface area contributed by atoms with Crippen molar-refractivity contribution in [2.45, 2.75) is 19.6 Å². The summed E-state index contributed by atoms with van der Waals surface area (Å²) >= 11 is 0. The van der Waals surface area contributed by atoms with Crippen molar-refractivity contribution >= 4 is 5.91 Å². The lowest BCUT2D eigenvalue weighted by Gasteiger charge is -2.24.